The number of fused-ring (bicyclic) bond motifs is 1. The lowest BCUT2D eigenvalue weighted by Gasteiger charge is -2.10. The second kappa shape index (κ2) is 6.22. The van der Waals surface area contributed by atoms with E-state index in [0.717, 1.165) is 10.9 Å². The molecule has 1 aromatic heterocycles. The molecule has 0 unspecified atom stereocenters. The third-order valence-electron chi connectivity index (χ3n) is 3.07. The first-order chi connectivity index (χ1) is 10.6. The van der Waals surface area contributed by atoms with Crippen molar-refractivity contribution in [2.45, 2.75) is 0 Å². The number of carbonyl (C=O) groups excluding carboxylic acids is 1. The largest absolute Gasteiger partial charge is 0.323 e. The third kappa shape index (κ3) is 3.13. The number of anilines is 2. The van der Waals surface area contributed by atoms with E-state index in [2.05, 4.69) is 15.6 Å². The van der Waals surface area contributed by atoms with E-state index >= 15 is 0 Å². The quantitative estimate of drug-likeness (QED) is 0.679. The zero-order valence-corrected chi connectivity index (χ0v) is 12.8. The van der Waals surface area contributed by atoms with Crippen LogP contribution >= 0.6 is 23.2 Å². The minimum absolute atomic E-state index is 0.366. The second-order valence-electron chi connectivity index (χ2n) is 4.58. The summed E-state index contributed by atoms with van der Waals surface area (Å²) in [4.78, 5) is 16.4. The highest BCUT2D eigenvalue weighted by atomic mass is 35.5. The van der Waals surface area contributed by atoms with E-state index in [9.17, 15) is 4.79 Å². The molecule has 2 aromatic carbocycles. The lowest BCUT2D eigenvalue weighted by atomic mass is 10.2. The number of rotatable bonds is 2. The number of halogens is 2. The van der Waals surface area contributed by atoms with Crippen molar-refractivity contribution in [3.63, 3.8) is 0 Å². The fraction of sp³-hybridized carbons (Fsp3) is 0. The van der Waals surface area contributed by atoms with E-state index in [1.165, 1.54) is 0 Å². The number of aromatic nitrogens is 1. The highest BCUT2D eigenvalue weighted by Crippen LogP contribution is 2.25. The molecule has 0 aliphatic carbocycles. The molecule has 1 heterocycles. The molecule has 2 N–H and O–H groups in total. The Bertz CT molecular complexity index is 846. The zero-order chi connectivity index (χ0) is 15.5. The average molecular weight is 332 g/mol. The molecule has 4 nitrogen and oxygen atoms in total. The number of pyridine rings is 1. The molecular formula is C16H11Cl2N3O. The molecule has 0 bridgehead atoms. The Balaban J connectivity index is 1.80. The molecule has 0 aliphatic heterocycles. The van der Waals surface area contributed by atoms with Crippen LogP contribution in [0.25, 0.3) is 10.9 Å². The van der Waals surface area contributed by atoms with Crippen molar-refractivity contribution in [2.24, 2.45) is 0 Å². The molecule has 0 fully saturated rings. The van der Waals surface area contributed by atoms with E-state index in [1.54, 1.807) is 30.5 Å². The van der Waals surface area contributed by atoms with Crippen LogP contribution in [0, 0.1) is 0 Å². The smallest absolute Gasteiger partial charge is 0.308 e. The Morgan fingerprint density at radius 2 is 1.77 bits per heavy atom. The topological polar surface area (TPSA) is 54.0 Å². The van der Waals surface area contributed by atoms with Crippen LogP contribution in [-0.4, -0.2) is 11.0 Å². The number of amides is 2. The fourth-order valence-corrected chi connectivity index (χ4v) is 2.36. The molecule has 0 aliphatic rings. The van der Waals surface area contributed by atoms with Crippen molar-refractivity contribution in [1.29, 1.82) is 0 Å². The monoisotopic (exact) mass is 331 g/mol. The molecular weight excluding hydrogens is 321 g/mol. The number of carbonyl (C=O) groups is 1. The van der Waals surface area contributed by atoms with Gasteiger partial charge in [-0.3, -0.25) is 4.98 Å². The predicted molar refractivity (Wildman–Crippen MR) is 90.8 cm³/mol. The summed E-state index contributed by atoms with van der Waals surface area (Å²) < 4.78 is 0. The molecule has 0 spiro atoms. The number of nitrogens with zero attached hydrogens (tertiary/aromatic N) is 1. The number of benzene rings is 2. The number of nitrogens with one attached hydrogen (secondary N) is 2. The first kappa shape index (κ1) is 14.6. The lowest BCUT2D eigenvalue weighted by molar-refractivity contribution is 0.262. The summed E-state index contributed by atoms with van der Waals surface area (Å²) in [5, 5.41) is 7.20. The van der Waals surface area contributed by atoms with Gasteiger partial charge in [-0.2, -0.15) is 0 Å². The van der Waals surface area contributed by atoms with E-state index in [4.69, 9.17) is 23.2 Å². The Morgan fingerprint density at radius 1 is 0.955 bits per heavy atom. The van der Waals surface area contributed by atoms with E-state index in [1.807, 2.05) is 24.3 Å². The standard InChI is InChI=1S/C16H11Cl2N3O/c17-12-6-5-10(9-13(12)18)20-16(22)21-15-7-8-19-14-4-2-1-3-11(14)15/h1-9H,(H2,19,20,21,22). The Kier molecular flexibility index (Phi) is 4.13. The third-order valence-corrected chi connectivity index (χ3v) is 3.81. The van der Waals surface area contributed by atoms with Gasteiger partial charge in [-0.1, -0.05) is 41.4 Å². The SMILES string of the molecule is O=C(Nc1ccc(Cl)c(Cl)c1)Nc1ccnc2ccccc12. The van der Waals surface area contributed by atoms with Gasteiger partial charge in [-0.15, -0.1) is 0 Å². The van der Waals surface area contributed by atoms with E-state index < -0.39 is 0 Å². The van der Waals surface area contributed by atoms with Crippen molar-refractivity contribution in [1.82, 2.24) is 4.98 Å². The van der Waals surface area contributed by atoms with E-state index in [0.29, 0.717) is 21.4 Å². The van der Waals surface area contributed by atoms with Gasteiger partial charge in [-0.05, 0) is 30.3 Å². The molecule has 3 aromatic rings. The first-order valence-corrected chi connectivity index (χ1v) is 7.26. The van der Waals surface area contributed by atoms with Gasteiger partial charge in [0, 0.05) is 17.3 Å². The summed E-state index contributed by atoms with van der Waals surface area (Å²) in [6.07, 6.45) is 1.65. The molecule has 22 heavy (non-hydrogen) atoms. The van der Waals surface area contributed by atoms with Gasteiger partial charge >= 0.3 is 6.03 Å². The molecule has 2 amide bonds. The summed E-state index contributed by atoms with van der Waals surface area (Å²) in [6.45, 7) is 0. The van der Waals surface area contributed by atoms with Crippen LogP contribution in [0.4, 0.5) is 16.2 Å². The van der Waals surface area contributed by atoms with Crippen LogP contribution in [0.3, 0.4) is 0 Å². The molecule has 110 valence electrons. The summed E-state index contributed by atoms with van der Waals surface area (Å²) in [6, 6.07) is 13.9. The Morgan fingerprint density at radius 3 is 2.59 bits per heavy atom. The maximum Gasteiger partial charge on any atom is 0.323 e. The first-order valence-electron chi connectivity index (χ1n) is 6.50. The lowest BCUT2D eigenvalue weighted by Crippen LogP contribution is -2.19. The normalized spacial score (nSPS) is 10.5. The maximum atomic E-state index is 12.1. The van der Waals surface area contributed by atoms with Crippen molar-refractivity contribution in [3.05, 3.63) is 64.8 Å². The van der Waals surface area contributed by atoms with Crippen LogP contribution in [0.1, 0.15) is 0 Å². The fourth-order valence-electron chi connectivity index (χ4n) is 2.06. The van der Waals surface area contributed by atoms with Gasteiger partial charge in [0.2, 0.25) is 0 Å². The molecule has 6 heteroatoms. The van der Waals surface area contributed by atoms with Gasteiger partial charge in [0.1, 0.15) is 0 Å². The highest BCUT2D eigenvalue weighted by molar-refractivity contribution is 6.42. The van der Waals surface area contributed by atoms with Crippen molar-refractivity contribution in [2.75, 3.05) is 10.6 Å². The van der Waals surface area contributed by atoms with Crippen molar-refractivity contribution >= 4 is 51.5 Å². The molecule has 0 radical (unpaired) electrons. The van der Waals surface area contributed by atoms with Crippen LogP contribution < -0.4 is 10.6 Å². The zero-order valence-electron chi connectivity index (χ0n) is 11.3. The Labute approximate surface area is 137 Å². The maximum absolute atomic E-state index is 12.1. The number of para-hydroxylation sites is 1. The van der Waals surface area contributed by atoms with E-state index in [-0.39, 0.29) is 6.03 Å². The summed E-state index contributed by atoms with van der Waals surface area (Å²) in [5.74, 6) is 0. The average Bonchev–Trinajstić information content (AvgIpc) is 2.51. The summed E-state index contributed by atoms with van der Waals surface area (Å²) in [7, 11) is 0. The summed E-state index contributed by atoms with van der Waals surface area (Å²) >= 11 is 11.8. The molecule has 3 rings (SSSR count). The molecule has 0 atom stereocenters. The van der Waals surface area contributed by atoms with Crippen molar-refractivity contribution < 1.29 is 4.79 Å². The van der Waals surface area contributed by atoms with Gasteiger partial charge in [0.25, 0.3) is 0 Å². The Hall–Kier alpha value is -2.30. The van der Waals surface area contributed by atoms with Gasteiger partial charge < -0.3 is 10.6 Å². The predicted octanol–water partition coefficient (Wildman–Crippen LogP) is 5.19. The molecule has 0 saturated heterocycles. The number of urea groups is 1. The second-order valence-corrected chi connectivity index (χ2v) is 5.40. The van der Waals surface area contributed by atoms with Crippen molar-refractivity contribution in [3.8, 4) is 0 Å². The van der Waals surface area contributed by atoms with Gasteiger partial charge in [-0.25, -0.2) is 4.79 Å². The molecule has 0 saturated carbocycles. The summed E-state index contributed by atoms with van der Waals surface area (Å²) in [5.41, 5.74) is 2.06. The number of hydrogen-bond acceptors (Lipinski definition) is 2. The number of hydrogen-bond donors (Lipinski definition) is 2. The van der Waals surface area contributed by atoms with Crippen LogP contribution in [0.2, 0.25) is 10.0 Å². The van der Waals surface area contributed by atoms with Crippen LogP contribution in [0.5, 0.6) is 0 Å². The van der Waals surface area contributed by atoms with Crippen LogP contribution in [-0.2, 0) is 0 Å². The van der Waals surface area contributed by atoms with Gasteiger partial charge in [0.15, 0.2) is 0 Å². The minimum Gasteiger partial charge on any atom is -0.308 e. The highest BCUT2D eigenvalue weighted by Gasteiger charge is 2.07. The van der Waals surface area contributed by atoms with Crippen LogP contribution in [0.15, 0.2) is 54.7 Å². The van der Waals surface area contributed by atoms with Gasteiger partial charge in [0.05, 0.1) is 21.2 Å². The minimum atomic E-state index is -0.366.